The van der Waals surface area contributed by atoms with E-state index in [1.54, 1.807) is 13.8 Å². The number of carbonyl (C=O) groups is 2. The summed E-state index contributed by atoms with van der Waals surface area (Å²) < 4.78 is 38.9. The summed E-state index contributed by atoms with van der Waals surface area (Å²) in [5.74, 6) is -1.99. The van der Waals surface area contributed by atoms with Gasteiger partial charge < -0.3 is 10.4 Å². The number of halogens is 3. The average molecular weight is 389 g/mol. The third kappa shape index (κ3) is 4.62. The van der Waals surface area contributed by atoms with E-state index >= 15 is 0 Å². The first-order valence-electron chi connectivity index (χ1n) is 9.02. The van der Waals surface area contributed by atoms with Crippen molar-refractivity contribution in [2.45, 2.75) is 77.6 Å². The van der Waals surface area contributed by atoms with Gasteiger partial charge >= 0.3 is 12.1 Å². The van der Waals surface area contributed by atoms with Crippen molar-refractivity contribution in [3.8, 4) is 0 Å². The lowest BCUT2D eigenvalue weighted by Gasteiger charge is -2.37. The van der Waals surface area contributed by atoms with Gasteiger partial charge in [-0.1, -0.05) is 6.92 Å². The van der Waals surface area contributed by atoms with Crippen molar-refractivity contribution in [1.82, 2.24) is 15.1 Å². The van der Waals surface area contributed by atoms with Crippen LogP contribution in [0.4, 0.5) is 13.2 Å². The third-order valence-electron chi connectivity index (χ3n) is 5.49. The van der Waals surface area contributed by atoms with Gasteiger partial charge in [-0.15, -0.1) is 0 Å². The predicted octanol–water partition coefficient (Wildman–Crippen LogP) is 3.32. The first kappa shape index (κ1) is 21.2. The molecule has 9 heteroatoms. The number of hydrogen-bond acceptors (Lipinski definition) is 3. The molecule has 0 aromatic carbocycles. The number of carbonyl (C=O) groups excluding carboxylic acids is 1. The fourth-order valence-electron chi connectivity index (χ4n) is 3.78. The van der Waals surface area contributed by atoms with Crippen molar-refractivity contribution in [2.24, 2.45) is 5.92 Å². The van der Waals surface area contributed by atoms with Gasteiger partial charge in [0.25, 0.3) is 0 Å². The van der Waals surface area contributed by atoms with Crippen molar-refractivity contribution in [3.05, 3.63) is 17.0 Å². The van der Waals surface area contributed by atoms with Crippen molar-refractivity contribution >= 4 is 11.9 Å². The maximum absolute atomic E-state index is 12.8. The summed E-state index contributed by atoms with van der Waals surface area (Å²) in [4.78, 5) is 24.6. The van der Waals surface area contributed by atoms with E-state index in [1.165, 1.54) is 6.92 Å². The van der Waals surface area contributed by atoms with Gasteiger partial charge in [-0.25, -0.2) is 4.79 Å². The topological polar surface area (TPSA) is 84.2 Å². The molecule has 1 unspecified atom stereocenters. The minimum absolute atomic E-state index is 0.258. The van der Waals surface area contributed by atoms with Gasteiger partial charge in [-0.2, -0.15) is 18.3 Å². The first-order chi connectivity index (χ1) is 12.4. The zero-order valence-electron chi connectivity index (χ0n) is 16.0. The molecular formula is C18H26F3N3O3. The SMILES string of the molecule is Cc1nn(CC(F)(F)F)c(C)c1C(C)C(=O)NC1(C(=O)O)CCC(C)CC1. The van der Waals surface area contributed by atoms with E-state index in [1.807, 2.05) is 6.92 Å². The molecule has 1 aromatic rings. The van der Waals surface area contributed by atoms with E-state index in [2.05, 4.69) is 10.4 Å². The number of nitrogens with zero attached hydrogens (tertiary/aromatic N) is 2. The summed E-state index contributed by atoms with van der Waals surface area (Å²) in [6.45, 7) is 5.41. The number of aliphatic carboxylic acids is 1. The molecule has 27 heavy (non-hydrogen) atoms. The molecule has 152 valence electrons. The van der Waals surface area contributed by atoms with Crippen LogP contribution in [0.5, 0.6) is 0 Å². The molecule has 2 rings (SSSR count). The number of carboxylic acids is 1. The highest BCUT2D eigenvalue weighted by Crippen LogP contribution is 2.33. The van der Waals surface area contributed by atoms with Gasteiger partial charge in [0.15, 0.2) is 0 Å². The molecule has 0 spiro atoms. The summed E-state index contributed by atoms with van der Waals surface area (Å²) in [7, 11) is 0. The molecule has 1 saturated carbocycles. The Balaban J connectivity index is 2.23. The highest BCUT2D eigenvalue weighted by molar-refractivity contribution is 5.90. The van der Waals surface area contributed by atoms with Crippen LogP contribution in [-0.2, 0) is 16.1 Å². The lowest BCUT2D eigenvalue weighted by molar-refractivity contribution is -0.150. The van der Waals surface area contributed by atoms with Gasteiger partial charge in [-0.05, 0) is 52.4 Å². The quantitative estimate of drug-likeness (QED) is 0.809. The van der Waals surface area contributed by atoms with Crippen LogP contribution in [0.15, 0.2) is 0 Å². The first-order valence-corrected chi connectivity index (χ1v) is 9.02. The molecule has 1 amide bonds. The van der Waals surface area contributed by atoms with Gasteiger partial charge in [0.05, 0.1) is 11.6 Å². The Bertz CT molecular complexity index is 719. The van der Waals surface area contributed by atoms with Gasteiger partial charge in [-0.3, -0.25) is 9.48 Å². The van der Waals surface area contributed by atoms with Crippen LogP contribution < -0.4 is 5.32 Å². The van der Waals surface area contributed by atoms with E-state index in [0.29, 0.717) is 42.9 Å². The van der Waals surface area contributed by atoms with Crippen molar-refractivity contribution < 1.29 is 27.9 Å². The second-order valence-corrected chi connectivity index (χ2v) is 7.64. The fraction of sp³-hybridized carbons (Fsp3) is 0.722. The van der Waals surface area contributed by atoms with Crippen LogP contribution in [0.3, 0.4) is 0 Å². The van der Waals surface area contributed by atoms with Crippen LogP contribution in [0, 0.1) is 19.8 Å². The molecule has 1 heterocycles. The van der Waals surface area contributed by atoms with Crippen LogP contribution in [0.25, 0.3) is 0 Å². The third-order valence-corrected chi connectivity index (χ3v) is 5.49. The Hall–Kier alpha value is -2.06. The monoisotopic (exact) mass is 389 g/mol. The lowest BCUT2D eigenvalue weighted by atomic mass is 9.76. The largest absolute Gasteiger partial charge is 0.480 e. The molecule has 1 aliphatic carbocycles. The number of hydrogen-bond donors (Lipinski definition) is 2. The Morgan fingerprint density at radius 3 is 2.37 bits per heavy atom. The van der Waals surface area contributed by atoms with Crippen molar-refractivity contribution in [1.29, 1.82) is 0 Å². The summed E-state index contributed by atoms with van der Waals surface area (Å²) in [5, 5.41) is 16.2. The number of rotatable bonds is 5. The summed E-state index contributed by atoms with van der Waals surface area (Å²) >= 11 is 0. The smallest absolute Gasteiger partial charge is 0.408 e. The maximum atomic E-state index is 12.8. The molecule has 0 radical (unpaired) electrons. The minimum atomic E-state index is -4.42. The van der Waals surface area contributed by atoms with Crippen molar-refractivity contribution in [2.75, 3.05) is 0 Å². The molecule has 1 aliphatic rings. The Kier molecular flexibility index (Phi) is 5.91. The van der Waals surface area contributed by atoms with E-state index in [9.17, 15) is 27.9 Å². The van der Waals surface area contributed by atoms with Crippen LogP contribution in [0.2, 0.25) is 0 Å². The summed E-state index contributed by atoms with van der Waals surface area (Å²) in [6, 6.07) is 0. The number of aromatic nitrogens is 2. The van der Waals surface area contributed by atoms with E-state index in [0.717, 1.165) is 4.68 Å². The van der Waals surface area contributed by atoms with Gasteiger partial charge in [0.2, 0.25) is 5.91 Å². The number of alkyl halides is 3. The number of aryl methyl sites for hydroxylation is 1. The summed E-state index contributed by atoms with van der Waals surface area (Å²) in [5.41, 5.74) is -0.321. The van der Waals surface area contributed by atoms with Gasteiger partial charge in [0, 0.05) is 11.3 Å². The summed E-state index contributed by atoms with van der Waals surface area (Å²) in [6.07, 6.45) is -2.34. The second kappa shape index (κ2) is 7.52. The Labute approximate surface area is 156 Å². The highest BCUT2D eigenvalue weighted by atomic mass is 19.4. The zero-order valence-corrected chi connectivity index (χ0v) is 16.0. The molecule has 0 bridgehead atoms. The Morgan fingerprint density at radius 1 is 1.33 bits per heavy atom. The molecule has 1 atom stereocenters. The fourth-order valence-corrected chi connectivity index (χ4v) is 3.78. The predicted molar refractivity (Wildman–Crippen MR) is 92.3 cm³/mol. The van der Waals surface area contributed by atoms with Gasteiger partial charge in [0.1, 0.15) is 12.1 Å². The molecule has 0 aliphatic heterocycles. The molecule has 1 aromatic heterocycles. The zero-order chi connectivity index (χ0) is 20.6. The second-order valence-electron chi connectivity index (χ2n) is 7.64. The average Bonchev–Trinajstić information content (AvgIpc) is 2.81. The lowest BCUT2D eigenvalue weighted by Crippen LogP contribution is -2.57. The van der Waals surface area contributed by atoms with Crippen LogP contribution >= 0.6 is 0 Å². The standard InChI is InChI=1S/C18H26F3N3O3/c1-10-5-7-17(8-6-10,16(26)27)22-15(25)11(2)14-12(3)23-24(13(14)4)9-18(19,20)21/h10-11H,5-9H2,1-4H3,(H,22,25)(H,26,27). The number of nitrogens with one attached hydrogen (secondary N) is 1. The van der Waals surface area contributed by atoms with E-state index in [4.69, 9.17) is 0 Å². The maximum Gasteiger partial charge on any atom is 0.408 e. The van der Waals surface area contributed by atoms with E-state index < -0.39 is 36.1 Å². The number of amides is 1. The van der Waals surface area contributed by atoms with E-state index in [-0.39, 0.29) is 5.69 Å². The van der Waals surface area contributed by atoms with Crippen molar-refractivity contribution in [3.63, 3.8) is 0 Å². The van der Waals surface area contributed by atoms with Crippen LogP contribution in [-0.4, -0.2) is 38.5 Å². The molecular weight excluding hydrogens is 363 g/mol. The normalized spacial score (nSPS) is 24.5. The molecule has 1 fully saturated rings. The van der Waals surface area contributed by atoms with Crippen LogP contribution in [0.1, 0.15) is 62.4 Å². The highest BCUT2D eigenvalue weighted by Gasteiger charge is 2.43. The number of carboxylic acid groups (broad SMARTS) is 1. The molecule has 0 saturated heterocycles. The molecule has 2 N–H and O–H groups in total. The minimum Gasteiger partial charge on any atom is -0.480 e. The molecule has 6 nitrogen and oxygen atoms in total. The Morgan fingerprint density at radius 2 is 1.89 bits per heavy atom.